The highest BCUT2D eigenvalue weighted by Crippen LogP contribution is 2.34. The number of benzene rings is 2. The Morgan fingerprint density at radius 1 is 0.815 bits per heavy atom. The van der Waals surface area contributed by atoms with Crippen molar-refractivity contribution in [1.82, 2.24) is 9.97 Å². The molecule has 0 bridgehead atoms. The first kappa shape index (κ1) is 18.5. The number of nitrogens with two attached hydrogens (primary N) is 1. The third kappa shape index (κ3) is 4.28. The van der Waals surface area contributed by atoms with Gasteiger partial charge in [0.25, 0.3) is 0 Å². The van der Waals surface area contributed by atoms with E-state index in [0.717, 1.165) is 28.3 Å². The Balaban J connectivity index is 2.05. The standard InChI is InChI=1S/C21H23N3O3/c1-4-26-16-10-11-17(20(12-16)27-5-2)19-13-18(23-21(22)24-19)14-6-8-15(25-3)9-7-14/h6-13H,4-5H2,1-3H3,(H2,22,23,24). The monoisotopic (exact) mass is 365 g/mol. The number of anilines is 1. The van der Waals surface area contributed by atoms with Crippen LogP contribution in [0.15, 0.2) is 48.5 Å². The molecule has 0 amide bonds. The number of hydrogen-bond donors (Lipinski definition) is 1. The minimum Gasteiger partial charge on any atom is -0.497 e. The summed E-state index contributed by atoms with van der Waals surface area (Å²) in [5.41, 5.74) is 9.17. The van der Waals surface area contributed by atoms with E-state index < -0.39 is 0 Å². The lowest BCUT2D eigenvalue weighted by Gasteiger charge is -2.13. The van der Waals surface area contributed by atoms with Crippen LogP contribution in [-0.4, -0.2) is 30.3 Å². The summed E-state index contributed by atoms with van der Waals surface area (Å²) in [5, 5.41) is 0. The third-order valence-electron chi connectivity index (χ3n) is 3.97. The van der Waals surface area contributed by atoms with Gasteiger partial charge in [-0.05, 0) is 56.3 Å². The normalized spacial score (nSPS) is 10.5. The zero-order chi connectivity index (χ0) is 19.2. The zero-order valence-electron chi connectivity index (χ0n) is 15.7. The summed E-state index contributed by atoms with van der Waals surface area (Å²) in [6.07, 6.45) is 0. The molecular weight excluding hydrogens is 342 g/mol. The predicted molar refractivity (Wildman–Crippen MR) is 106 cm³/mol. The molecule has 0 aliphatic heterocycles. The topological polar surface area (TPSA) is 79.5 Å². The van der Waals surface area contributed by atoms with Crippen LogP contribution >= 0.6 is 0 Å². The molecule has 2 aromatic carbocycles. The number of hydrogen-bond acceptors (Lipinski definition) is 6. The Morgan fingerprint density at radius 2 is 1.48 bits per heavy atom. The SMILES string of the molecule is CCOc1ccc(-c2cc(-c3ccc(OC)cc3)nc(N)n2)c(OCC)c1. The Morgan fingerprint density at radius 3 is 2.15 bits per heavy atom. The molecule has 0 unspecified atom stereocenters. The summed E-state index contributed by atoms with van der Waals surface area (Å²) in [7, 11) is 1.64. The molecule has 0 saturated heterocycles. The van der Waals surface area contributed by atoms with E-state index >= 15 is 0 Å². The van der Waals surface area contributed by atoms with Gasteiger partial charge < -0.3 is 19.9 Å². The van der Waals surface area contributed by atoms with Gasteiger partial charge in [-0.2, -0.15) is 0 Å². The lowest BCUT2D eigenvalue weighted by atomic mass is 10.1. The molecule has 0 aliphatic rings. The Kier molecular flexibility index (Phi) is 5.76. The maximum atomic E-state index is 5.98. The Labute approximate surface area is 158 Å². The summed E-state index contributed by atoms with van der Waals surface area (Å²) >= 11 is 0. The first-order chi connectivity index (χ1) is 13.1. The van der Waals surface area contributed by atoms with E-state index in [0.29, 0.717) is 24.7 Å². The van der Waals surface area contributed by atoms with Crippen molar-refractivity contribution in [2.24, 2.45) is 0 Å². The average molecular weight is 365 g/mol. The fourth-order valence-electron chi connectivity index (χ4n) is 2.76. The molecule has 3 aromatic rings. The lowest BCUT2D eigenvalue weighted by molar-refractivity contribution is 0.324. The van der Waals surface area contributed by atoms with Crippen LogP contribution < -0.4 is 19.9 Å². The molecule has 0 saturated carbocycles. The van der Waals surface area contributed by atoms with Crippen LogP contribution in [0.25, 0.3) is 22.5 Å². The van der Waals surface area contributed by atoms with E-state index in [1.54, 1.807) is 7.11 Å². The molecule has 27 heavy (non-hydrogen) atoms. The van der Waals surface area contributed by atoms with Crippen molar-refractivity contribution < 1.29 is 14.2 Å². The summed E-state index contributed by atoms with van der Waals surface area (Å²) < 4.78 is 16.6. The first-order valence-electron chi connectivity index (χ1n) is 8.83. The van der Waals surface area contributed by atoms with Crippen LogP contribution in [0.5, 0.6) is 17.2 Å². The molecule has 0 fully saturated rings. The smallest absolute Gasteiger partial charge is 0.221 e. The van der Waals surface area contributed by atoms with Gasteiger partial charge >= 0.3 is 0 Å². The van der Waals surface area contributed by atoms with Crippen molar-refractivity contribution >= 4 is 5.95 Å². The second-order valence-electron chi connectivity index (χ2n) is 5.75. The van der Waals surface area contributed by atoms with Crippen LogP contribution in [0.1, 0.15) is 13.8 Å². The largest absolute Gasteiger partial charge is 0.497 e. The number of ether oxygens (including phenoxy) is 3. The molecular formula is C21H23N3O3. The number of aromatic nitrogens is 2. The minimum atomic E-state index is 0.203. The van der Waals surface area contributed by atoms with Crippen LogP contribution in [0.3, 0.4) is 0 Å². The molecule has 0 aliphatic carbocycles. The van der Waals surface area contributed by atoms with Crippen LogP contribution in [-0.2, 0) is 0 Å². The average Bonchev–Trinajstić information content (AvgIpc) is 2.68. The fourth-order valence-corrected chi connectivity index (χ4v) is 2.76. The van der Waals surface area contributed by atoms with Gasteiger partial charge in [0.15, 0.2) is 0 Å². The molecule has 1 heterocycles. The van der Waals surface area contributed by atoms with Gasteiger partial charge in [-0.3, -0.25) is 0 Å². The van der Waals surface area contributed by atoms with Gasteiger partial charge in [0.1, 0.15) is 17.2 Å². The number of nitrogen functional groups attached to an aromatic ring is 1. The molecule has 140 valence electrons. The van der Waals surface area contributed by atoms with Gasteiger partial charge in [0.2, 0.25) is 5.95 Å². The summed E-state index contributed by atoms with van der Waals surface area (Å²) in [6.45, 7) is 5.01. The van der Waals surface area contributed by atoms with Crippen LogP contribution in [0.2, 0.25) is 0 Å². The van der Waals surface area contributed by atoms with E-state index in [1.165, 1.54) is 0 Å². The number of rotatable bonds is 7. The van der Waals surface area contributed by atoms with Crippen molar-refractivity contribution in [3.05, 3.63) is 48.5 Å². The van der Waals surface area contributed by atoms with Crippen molar-refractivity contribution in [3.8, 4) is 39.8 Å². The lowest BCUT2D eigenvalue weighted by Crippen LogP contribution is -2.01. The van der Waals surface area contributed by atoms with Gasteiger partial charge in [-0.15, -0.1) is 0 Å². The Bertz CT molecular complexity index is 911. The molecule has 0 atom stereocenters. The molecule has 2 N–H and O–H groups in total. The molecule has 0 radical (unpaired) electrons. The summed E-state index contributed by atoms with van der Waals surface area (Å²) in [4.78, 5) is 8.77. The summed E-state index contributed by atoms with van der Waals surface area (Å²) in [5.74, 6) is 2.44. The first-order valence-corrected chi connectivity index (χ1v) is 8.83. The number of methoxy groups -OCH3 is 1. The summed E-state index contributed by atoms with van der Waals surface area (Å²) in [6, 6.07) is 15.2. The fraction of sp³-hybridized carbons (Fsp3) is 0.238. The highest BCUT2D eigenvalue weighted by Gasteiger charge is 2.13. The van der Waals surface area contributed by atoms with Gasteiger partial charge in [-0.25, -0.2) is 9.97 Å². The van der Waals surface area contributed by atoms with Crippen molar-refractivity contribution in [2.75, 3.05) is 26.1 Å². The molecule has 1 aromatic heterocycles. The second kappa shape index (κ2) is 8.40. The second-order valence-corrected chi connectivity index (χ2v) is 5.75. The molecule has 6 heteroatoms. The van der Waals surface area contributed by atoms with Crippen molar-refractivity contribution in [3.63, 3.8) is 0 Å². The van der Waals surface area contributed by atoms with Gasteiger partial charge in [-0.1, -0.05) is 0 Å². The molecule has 6 nitrogen and oxygen atoms in total. The number of nitrogens with zero attached hydrogens (tertiary/aromatic N) is 2. The van der Waals surface area contributed by atoms with E-state index in [9.17, 15) is 0 Å². The third-order valence-corrected chi connectivity index (χ3v) is 3.97. The molecule has 3 rings (SSSR count). The highest BCUT2D eigenvalue weighted by molar-refractivity contribution is 5.74. The zero-order valence-corrected chi connectivity index (χ0v) is 15.7. The maximum absolute atomic E-state index is 5.98. The van der Waals surface area contributed by atoms with E-state index in [4.69, 9.17) is 19.9 Å². The van der Waals surface area contributed by atoms with Gasteiger partial charge in [0, 0.05) is 17.2 Å². The maximum Gasteiger partial charge on any atom is 0.221 e. The minimum absolute atomic E-state index is 0.203. The quantitative estimate of drug-likeness (QED) is 0.676. The Hall–Kier alpha value is -3.28. The van der Waals surface area contributed by atoms with Gasteiger partial charge in [0.05, 0.1) is 31.7 Å². The van der Waals surface area contributed by atoms with E-state index in [1.807, 2.05) is 62.4 Å². The molecule has 0 spiro atoms. The van der Waals surface area contributed by atoms with E-state index in [2.05, 4.69) is 9.97 Å². The highest BCUT2D eigenvalue weighted by atomic mass is 16.5. The van der Waals surface area contributed by atoms with Crippen molar-refractivity contribution in [1.29, 1.82) is 0 Å². The van der Waals surface area contributed by atoms with Crippen LogP contribution in [0, 0.1) is 0 Å². The van der Waals surface area contributed by atoms with E-state index in [-0.39, 0.29) is 5.95 Å². The predicted octanol–water partition coefficient (Wildman–Crippen LogP) is 4.20. The van der Waals surface area contributed by atoms with Crippen molar-refractivity contribution in [2.45, 2.75) is 13.8 Å². The van der Waals surface area contributed by atoms with Crippen LogP contribution in [0.4, 0.5) is 5.95 Å².